The highest BCUT2D eigenvalue weighted by molar-refractivity contribution is 6.30. The van der Waals surface area contributed by atoms with E-state index in [1.54, 1.807) is 30.3 Å². The molecule has 2 aromatic rings. The summed E-state index contributed by atoms with van der Waals surface area (Å²) in [4.78, 5) is 23.1. The molecule has 0 fully saturated rings. The zero-order chi connectivity index (χ0) is 17.4. The third kappa shape index (κ3) is 5.77. The lowest BCUT2D eigenvalue weighted by molar-refractivity contribution is -0.131. The van der Waals surface area contributed by atoms with Crippen LogP contribution in [0.2, 0.25) is 5.02 Å². The summed E-state index contributed by atoms with van der Waals surface area (Å²) in [5.74, 6) is -1.43. The predicted octanol–water partition coefficient (Wildman–Crippen LogP) is 2.08. The van der Waals surface area contributed by atoms with Gasteiger partial charge in [0, 0.05) is 5.02 Å². The minimum absolute atomic E-state index is 0.0525. The SMILES string of the molecule is O=C(COc1cccc(Cl)c1)NNC(=O)COc1ccccc1F. The van der Waals surface area contributed by atoms with Crippen molar-refractivity contribution in [2.24, 2.45) is 0 Å². The van der Waals surface area contributed by atoms with Crippen LogP contribution in [0, 0.1) is 5.82 Å². The molecule has 2 N–H and O–H groups in total. The van der Waals surface area contributed by atoms with Crippen LogP contribution in [0.25, 0.3) is 0 Å². The first-order valence-corrected chi connectivity index (χ1v) is 7.26. The second-order valence-electron chi connectivity index (χ2n) is 4.56. The molecule has 2 amide bonds. The number of hydrogen-bond acceptors (Lipinski definition) is 4. The molecule has 0 aliphatic heterocycles. The maximum atomic E-state index is 13.3. The van der Waals surface area contributed by atoms with Crippen LogP contribution in [-0.2, 0) is 9.59 Å². The van der Waals surface area contributed by atoms with Crippen LogP contribution in [0.15, 0.2) is 48.5 Å². The van der Waals surface area contributed by atoms with Crippen molar-refractivity contribution in [1.82, 2.24) is 10.9 Å². The van der Waals surface area contributed by atoms with E-state index in [0.717, 1.165) is 0 Å². The Kier molecular flexibility index (Phi) is 6.39. The Labute approximate surface area is 142 Å². The van der Waals surface area contributed by atoms with Crippen molar-refractivity contribution in [1.29, 1.82) is 0 Å². The summed E-state index contributed by atoms with van der Waals surface area (Å²) < 4.78 is 23.5. The molecule has 0 heterocycles. The van der Waals surface area contributed by atoms with Crippen molar-refractivity contribution in [2.45, 2.75) is 0 Å². The number of hydrazine groups is 1. The molecule has 0 aliphatic rings. The lowest BCUT2D eigenvalue weighted by Crippen LogP contribution is -2.45. The molecule has 0 unspecified atom stereocenters. The molecule has 8 heteroatoms. The molecule has 0 atom stereocenters. The average molecular weight is 353 g/mol. The molecule has 0 saturated heterocycles. The van der Waals surface area contributed by atoms with Crippen molar-refractivity contribution >= 4 is 23.4 Å². The van der Waals surface area contributed by atoms with Crippen LogP contribution in [0.1, 0.15) is 0 Å². The zero-order valence-corrected chi connectivity index (χ0v) is 13.2. The number of hydrogen-bond donors (Lipinski definition) is 2. The fourth-order valence-electron chi connectivity index (χ4n) is 1.62. The van der Waals surface area contributed by atoms with E-state index in [1.165, 1.54) is 18.2 Å². The van der Waals surface area contributed by atoms with E-state index in [-0.39, 0.29) is 12.4 Å². The van der Waals surface area contributed by atoms with Crippen LogP contribution in [0.5, 0.6) is 11.5 Å². The van der Waals surface area contributed by atoms with Gasteiger partial charge in [-0.2, -0.15) is 0 Å². The molecular weight excluding hydrogens is 339 g/mol. The van der Waals surface area contributed by atoms with E-state index in [4.69, 9.17) is 21.1 Å². The summed E-state index contributed by atoms with van der Waals surface area (Å²) in [6.45, 7) is -0.759. The minimum atomic E-state index is -0.644. The van der Waals surface area contributed by atoms with E-state index < -0.39 is 24.2 Å². The van der Waals surface area contributed by atoms with Crippen molar-refractivity contribution < 1.29 is 23.5 Å². The molecule has 2 rings (SSSR count). The third-order valence-electron chi connectivity index (χ3n) is 2.70. The number of carbonyl (C=O) groups is 2. The highest BCUT2D eigenvalue weighted by atomic mass is 35.5. The Morgan fingerprint density at radius 3 is 2.29 bits per heavy atom. The molecule has 0 radical (unpaired) electrons. The molecule has 2 aromatic carbocycles. The molecule has 0 aliphatic carbocycles. The van der Waals surface area contributed by atoms with Crippen molar-refractivity contribution in [3.63, 3.8) is 0 Å². The van der Waals surface area contributed by atoms with E-state index >= 15 is 0 Å². The fourth-order valence-corrected chi connectivity index (χ4v) is 1.80. The molecule has 0 aromatic heterocycles. The highest BCUT2D eigenvalue weighted by Gasteiger charge is 2.08. The van der Waals surface area contributed by atoms with Crippen molar-refractivity contribution in [3.8, 4) is 11.5 Å². The smallest absolute Gasteiger partial charge is 0.276 e. The van der Waals surface area contributed by atoms with Crippen LogP contribution in [-0.4, -0.2) is 25.0 Å². The number of carbonyl (C=O) groups excluding carboxylic acids is 2. The predicted molar refractivity (Wildman–Crippen MR) is 85.1 cm³/mol. The first-order valence-electron chi connectivity index (χ1n) is 6.88. The Morgan fingerprint density at radius 1 is 0.958 bits per heavy atom. The lowest BCUT2D eigenvalue weighted by Gasteiger charge is -2.10. The van der Waals surface area contributed by atoms with Gasteiger partial charge in [-0.3, -0.25) is 20.4 Å². The number of nitrogens with one attached hydrogen (secondary N) is 2. The molecule has 24 heavy (non-hydrogen) atoms. The second-order valence-corrected chi connectivity index (χ2v) is 5.00. The summed E-state index contributed by atoms with van der Waals surface area (Å²) in [7, 11) is 0. The summed E-state index contributed by atoms with van der Waals surface area (Å²) in [6.07, 6.45) is 0. The monoisotopic (exact) mass is 352 g/mol. The van der Waals surface area contributed by atoms with Gasteiger partial charge in [-0.25, -0.2) is 4.39 Å². The highest BCUT2D eigenvalue weighted by Crippen LogP contribution is 2.17. The Morgan fingerprint density at radius 2 is 1.62 bits per heavy atom. The van der Waals surface area contributed by atoms with Gasteiger partial charge in [-0.15, -0.1) is 0 Å². The Hall–Kier alpha value is -2.80. The molecule has 0 saturated carbocycles. The van der Waals surface area contributed by atoms with E-state index in [9.17, 15) is 14.0 Å². The van der Waals surface area contributed by atoms with Gasteiger partial charge in [-0.05, 0) is 30.3 Å². The summed E-state index contributed by atoms with van der Waals surface area (Å²) in [6, 6.07) is 12.2. The van der Waals surface area contributed by atoms with Crippen molar-refractivity contribution in [2.75, 3.05) is 13.2 Å². The number of rotatable bonds is 6. The van der Waals surface area contributed by atoms with Gasteiger partial charge in [0.25, 0.3) is 11.8 Å². The number of amides is 2. The maximum absolute atomic E-state index is 13.3. The number of halogens is 2. The van der Waals surface area contributed by atoms with Gasteiger partial charge in [-0.1, -0.05) is 29.8 Å². The first-order chi connectivity index (χ1) is 11.5. The van der Waals surface area contributed by atoms with Crippen LogP contribution in [0.3, 0.4) is 0 Å². The van der Waals surface area contributed by atoms with Gasteiger partial charge in [0.05, 0.1) is 0 Å². The van der Waals surface area contributed by atoms with Gasteiger partial charge in [0.2, 0.25) is 0 Å². The van der Waals surface area contributed by atoms with Crippen LogP contribution >= 0.6 is 11.6 Å². The second kappa shape index (κ2) is 8.73. The molecule has 6 nitrogen and oxygen atoms in total. The Balaban J connectivity index is 1.68. The van der Waals surface area contributed by atoms with Gasteiger partial charge in [0.1, 0.15) is 5.75 Å². The van der Waals surface area contributed by atoms with Crippen LogP contribution in [0.4, 0.5) is 4.39 Å². The number of ether oxygens (including phenoxy) is 2. The number of benzene rings is 2. The molecular formula is C16H14ClFN2O4. The zero-order valence-electron chi connectivity index (χ0n) is 12.4. The van der Waals surface area contributed by atoms with E-state index in [1.807, 2.05) is 0 Å². The van der Waals surface area contributed by atoms with Crippen molar-refractivity contribution in [3.05, 3.63) is 59.4 Å². The first kappa shape index (κ1) is 17.6. The largest absolute Gasteiger partial charge is 0.484 e. The molecule has 0 spiro atoms. The van der Waals surface area contributed by atoms with Gasteiger partial charge in [0.15, 0.2) is 24.8 Å². The molecule has 126 valence electrons. The van der Waals surface area contributed by atoms with Gasteiger partial charge < -0.3 is 9.47 Å². The average Bonchev–Trinajstić information content (AvgIpc) is 2.57. The standard InChI is InChI=1S/C16H14ClFN2O4/c17-11-4-3-5-12(8-11)23-9-15(21)19-20-16(22)10-24-14-7-2-1-6-13(14)18/h1-8H,9-10H2,(H,19,21)(H,20,22). The fraction of sp³-hybridized carbons (Fsp3) is 0.125. The summed E-state index contributed by atoms with van der Waals surface area (Å²) >= 11 is 5.78. The van der Waals surface area contributed by atoms with Crippen LogP contribution < -0.4 is 20.3 Å². The Bertz CT molecular complexity index is 727. The quantitative estimate of drug-likeness (QED) is 0.780. The summed E-state index contributed by atoms with van der Waals surface area (Å²) in [5, 5.41) is 0.478. The lowest BCUT2D eigenvalue weighted by atomic mass is 10.3. The third-order valence-corrected chi connectivity index (χ3v) is 2.94. The van der Waals surface area contributed by atoms with E-state index in [2.05, 4.69) is 10.9 Å². The normalized spacial score (nSPS) is 9.92. The maximum Gasteiger partial charge on any atom is 0.276 e. The topological polar surface area (TPSA) is 76.7 Å². The minimum Gasteiger partial charge on any atom is -0.484 e. The molecule has 0 bridgehead atoms. The van der Waals surface area contributed by atoms with E-state index in [0.29, 0.717) is 10.8 Å². The van der Waals surface area contributed by atoms with Gasteiger partial charge >= 0.3 is 0 Å². The summed E-state index contributed by atoms with van der Waals surface area (Å²) in [5.41, 5.74) is 4.28. The number of para-hydroxylation sites is 1.